The number of aliphatic hydroxyl groups is 5. The summed E-state index contributed by atoms with van der Waals surface area (Å²) in [5, 5.41) is 51.4. The summed E-state index contributed by atoms with van der Waals surface area (Å²) >= 11 is 0. The van der Waals surface area contributed by atoms with Gasteiger partial charge in [-0.2, -0.15) is 0 Å². The fourth-order valence-corrected chi connectivity index (χ4v) is 7.04. The molecule has 12 atom stereocenters. The van der Waals surface area contributed by atoms with E-state index >= 15 is 0 Å². The summed E-state index contributed by atoms with van der Waals surface area (Å²) in [5.74, 6) is -1.41. The molecule has 3 heterocycles. The lowest BCUT2D eigenvalue weighted by atomic mass is 9.61. The van der Waals surface area contributed by atoms with Crippen molar-refractivity contribution in [1.29, 1.82) is 0 Å². The third kappa shape index (κ3) is 2.32. The van der Waals surface area contributed by atoms with E-state index in [1.165, 1.54) is 0 Å². The molecule has 0 unspecified atom stereocenters. The van der Waals surface area contributed by atoms with Gasteiger partial charge in [-0.3, -0.25) is 0 Å². The summed E-state index contributed by atoms with van der Waals surface area (Å²) in [6.07, 6.45) is -5.98. The van der Waals surface area contributed by atoms with Gasteiger partial charge in [0.25, 0.3) is 5.79 Å². The second-order valence-corrected chi connectivity index (χ2v) is 10.2. The van der Waals surface area contributed by atoms with Crippen molar-refractivity contribution >= 4 is 5.97 Å². The summed E-state index contributed by atoms with van der Waals surface area (Å²) in [4.78, 5) is 12.2. The van der Waals surface area contributed by atoms with E-state index in [9.17, 15) is 30.3 Å². The Labute approximate surface area is 178 Å². The molecule has 3 saturated carbocycles. The van der Waals surface area contributed by atoms with Crippen molar-refractivity contribution in [2.45, 2.75) is 74.9 Å². The monoisotopic (exact) mass is 440 g/mol. The van der Waals surface area contributed by atoms with E-state index in [1.807, 2.05) is 0 Å². The van der Waals surface area contributed by atoms with Crippen LogP contribution >= 0.6 is 0 Å². The van der Waals surface area contributed by atoms with Gasteiger partial charge in [0, 0.05) is 22.5 Å². The molecule has 10 nitrogen and oxygen atoms in total. The molecule has 3 aliphatic carbocycles. The minimum Gasteiger partial charge on any atom is -0.423 e. The minimum atomic E-state index is -1.54. The first-order chi connectivity index (χ1) is 14.6. The molecule has 0 aromatic carbocycles. The van der Waals surface area contributed by atoms with E-state index in [2.05, 4.69) is 6.92 Å². The fourth-order valence-electron chi connectivity index (χ4n) is 7.04. The first kappa shape index (κ1) is 20.5. The summed E-state index contributed by atoms with van der Waals surface area (Å²) in [6, 6.07) is 0. The summed E-state index contributed by atoms with van der Waals surface area (Å²) in [5.41, 5.74) is -0.304. The van der Waals surface area contributed by atoms with E-state index in [0.29, 0.717) is 12.0 Å². The molecule has 6 rings (SSSR count). The SMILES string of the molecule is CC1=C2C[C@H]3[C@@](O)(CO[C@@H]4O[C@H](CO)[C@@H](O)[C@H](O)[C@H]4O)[C@H]4C[C@H]4[C@]3(C)[C@H]3O[C@@]23OC1=O. The van der Waals surface area contributed by atoms with Crippen LogP contribution in [-0.2, 0) is 23.7 Å². The molecule has 10 heteroatoms. The molecule has 1 spiro atoms. The van der Waals surface area contributed by atoms with Gasteiger partial charge in [0.05, 0.1) is 18.8 Å². The van der Waals surface area contributed by atoms with Gasteiger partial charge < -0.3 is 44.5 Å². The second-order valence-electron chi connectivity index (χ2n) is 10.2. The number of carbonyl (C=O) groups excluding carboxylic acids is 1. The van der Waals surface area contributed by atoms with Crippen molar-refractivity contribution in [2.75, 3.05) is 13.2 Å². The van der Waals surface area contributed by atoms with Crippen molar-refractivity contribution < 1.29 is 49.3 Å². The Hall–Kier alpha value is -1.11. The molecule has 0 aromatic heterocycles. The van der Waals surface area contributed by atoms with Crippen molar-refractivity contribution in [3.05, 3.63) is 11.1 Å². The van der Waals surface area contributed by atoms with Gasteiger partial charge in [-0.25, -0.2) is 4.79 Å². The largest absolute Gasteiger partial charge is 0.423 e. The normalized spacial score (nSPS) is 58.9. The van der Waals surface area contributed by atoms with E-state index in [-0.39, 0.29) is 41.8 Å². The van der Waals surface area contributed by atoms with Crippen LogP contribution in [-0.4, -0.2) is 92.9 Å². The predicted octanol–water partition coefficient (Wildman–Crippen LogP) is -1.82. The zero-order valence-corrected chi connectivity index (χ0v) is 17.3. The van der Waals surface area contributed by atoms with E-state index < -0.39 is 48.7 Å². The zero-order chi connectivity index (χ0) is 22.1. The summed E-state index contributed by atoms with van der Waals surface area (Å²) in [6.45, 7) is 3.08. The highest BCUT2D eigenvalue weighted by molar-refractivity contribution is 5.93. The van der Waals surface area contributed by atoms with Crippen molar-refractivity contribution in [3.8, 4) is 0 Å². The Balaban J connectivity index is 1.26. The van der Waals surface area contributed by atoms with Crippen LogP contribution in [0.2, 0.25) is 0 Å². The molecule has 0 amide bonds. The minimum absolute atomic E-state index is 0.0240. The van der Waals surface area contributed by atoms with Crippen LogP contribution in [0, 0.1) is 23.2 Å². The van der Waals surface area contributed by atoms with Crippen molar-refractivity contribution in [1.82, 2.24) is 0 Å². The number of esters is 1. The smallest absolute Gasteiger partial charge is 0.336 e. The predicted molar refractivity (Wildman–Crippen MR) is 98.9 cm³/mol. The second kappa shape index (κ2) is 6.06. The molecular formula is C21H28O10. The molecule has 0 aromatic rings. The van der Waals surface area contributed by atoms with Crippen LogP contribution in [0.4, 0.5) is 0 Å². The maximum atomic E-state index is 12.2. The lowest BCUT2D eigenvalue weighted by Gasteiger charge is -2.45. The number of rotatable bonds is 4. The Kier molecular flexibility index (Phi) is 4.01. The van der Waals surface area contributed by atoms with E-state index in [0.717, 1.165) is 12.0 Å². The Morgan fingerprint density at radius 1 is 1.16 bits per heavy atom. The lowest BCUT2D eigenvalue weighted by molar-refractivity contribution is -0.311. The average Bonchev–Trinajstić information content (AvgIpc) is 3.63. The number of aliphatic hydroxyl groups excluding tert-OH is 4. The van der Waals surface area contributed by atoms with Gasteiger partial charge in [-0.05, 0) is 31.6 Å². The maximum absolute atomic E-state index is 12.2. The van der Waals surface area contributed by atoms with Gasteiger partial charge in [0.15, 0.2) is 6.29 Å². The number of carbonyl (C=O) groups is 1. The molecule has 2 saturated heterocycles. The Bertz CT molecular complexity index is 872. The number of hydrogen-bond donors (Lipinski definition) is 5. The molecule has 3 aliphatic heterocycles. The molecule has 172 valence electrons. The van der Waals surface area contributed by atoms with Gasteiger partial charge >= 0.3 is 5.97 Å². The van der Waals surface area contributed by atoms with Crippen LogP contribution in [0.15, 0.2) is 11.1 Å². The molecule has 6 aliphatic rings. The molecule has 5 fully saturated rings. The van der Waals surface area contributed by atoms with Gasteiger partial charge in [-0.1, -0.05) is 6.92 Å². The first-order valence-corrected chi connectivity index (χ1v) is 10.9. The Morgan fingerprint density at radius 3 is 2.61 bits per heavy atom. The topological polar surface area (TPSA) is 158 Å². The van der Waals surface area contributed by atoms with Crippen LogP contribution in [0.5, 0.6) is 0 Å². The van der Waals surface area contributed by atoms with Crippen LogP contribution in [0.3, 0.4) is 0 Å². The highest BCUT2D eigenvalue weighted by atomic mass is 16.8. The molecule has 5 N–H and O–H groups in total. The number of fused-ring (bicyclic) bond motifs is 4. The van der Waals surface area contributed by atoms with Gasteiger partial charge in [-0.15, -0.1) is 0 Å². The zero-order valence-electron chi connectivity index (χ0n) is 17.3. The number of hydrogen-bond acceptors (Lipinski definition) is 10. The Morgan fingerprint density at radius 2 is 1.90 bits per heavy atom. The van der Waals surface area contributed by atoms with Crippen LogP contribution in [0.1, 0.15) is 26.7 Å². The van der Waals surface area contributed by atoms with E-state index in [4.69, 9.17) is 18.9 Å². The third-order valence-corrected chi connectivity index (χ3v) is 8.89. The fraction of sp³-hybridized carbons (Fsp3) is 0.857. The van der Waals surface area contributed by atoms with E-state index in [1.54, 1.807) is 6.92 Å². The first-order valence-electron chi connectivity index (χ1n) is 10.9. The molecule has 0 bridgehead atoms. The highest BCUT2D eigenvalue weighted by Gasteiger charge is 2.86. The average molecular weight is 440 g/mol. The highest BCUT2D eigenvalue weighted by Crippen LogP contribution is 2.79. The standard InChI is InChI=1S/C21H28O10/c1-7-8-4-12-19(2,18-21(8,31-18)30-16(7)26)9-3-10(9)20(12,27)6-28-17-15(25)14(24)13(23)11(5-22)29-17/h9-15,17-18,22-25,27H,3-6H2,1-2H3/t9-,10+,11-,12-,13-,14+,15-,17-,18-,19+,20-,21+/m1/s1. The third-order valence-electron chi connectivity index (χ3n) is 8.89. The number of epoxide rings is 1. The molecule has 0 radical (unpaired) electrons. The van der Waals surface area contributed by atoms with Crippen molar-refractivity contribution in [3.63, 3.8) is 0 Å². The summed E-state index contributed by atoms with van der Waals surface area (Å²) in [7, 11) is 0. The molecule has 31 heavy (non-hydrogen) atoms. The van der Waals surface area contributed by atoms with Crippen LogP contribution in [0.25, 0.3) is 0 Å². The maximum Gasteiger partial charge on any atom is 0.336 e. The van der Waals surface area contributed by atoms with Crippen LogP contribution < -0.4 is 0 Å². The number of ether oxygens (including phenoxy) is 4. The van der Waals surface area contributed by atoms with Gasteiger partial charge in [0.2, 0.25) is 0 Å². The molecular weight excluding hydrogens is 412 g/mol. The lowest BCUT2D eigenvalue weighted by Crippen LogP contribution is -2.60. The van der Waals surface area contributed by atoms with Gasteiger partial charge in [0.1, 0.15) is 30.5 Å². The quantitative estimate of drug-likeness (QED) is 0.249. The summed E-state index contributed by atoms with van der Waals surface area (Å²) < 4.78 is 22.8. The van der Waals surface area contributed by atoms with Crippen molar-refractivity contribution in [2.24, 2.45) is 23.2 Å².